The summed E-state index contributed by atoms with van der Waals surface area (Å²) in [7, 11) is 0. The second-order valence-electron chi connectivity index (χ2n) is 7.57. The van der Waals surface area contributed by atoms with Gasteiger partial charge in [-0.25, -0.2) is 9.97 Å². The number of carbonyl (C=O) groups excluding carboxylic acids is 1. The molecule has 3 rings (SSSR count). The molecule has 2 aromatic heterocycles. The molecule has 0 saturated carbocycles. The van der Waals surface area contributed by atoms with E-state index >= 15 is 0 Å². The zero-order chi connectivity index (χ0) is 20.8. The minimum absolute atomic E-state index is 0.242. The average Bonchev–Trinajstić information content (AvgIpc) is 2.72. The Hall–Kier alpha value is -3.28. The fourth-order valence-electron chi connectivity index (χ4n) is 3.15. The second kappa shape index (κ2) is 9.28. The highest BCUT2D eigenvalue weighted by atomic mass is 16.1. The lowest BCUT2D eigenvalue weighted by atomic mass is 9.92. The van der Waals surface area contributed by atoms with Crippen molar-refractivity contribution in [1.29, 1.82) is 0 Å². The van der Waals surface area contributed by atoms with Crippen LogP contribution >= 0.6 is 0 Å². The van der Waals surface area contributed by atoms with Crippen molar-refractivity contribution in [2.75, 3.05) is 5.32 Å². The summed E-state index contributed by atoms with van der Waals surface area (Å²) in [4.78, 5) is 25.0. The van der Waals surface area contributed by atoms with Crippen LogP contribution in [0.4, 0.5) is 11.5 Å². The number of hydrogen-bond donors (Lipinski definition) is 2. The summed E-state index contributed by atoms with van der Waals surface area (Å²) in [5.41, 5.74) is 4.80. The Kier molecular flexibility index (Phi) is 6.54. The third-order valence-corrected chi connectivity index (χ3v) is 4.73. The Morgan fingerprint density at radius 2 is 1.62 bits per heavy atom. The fourth-order valence-corrected chi connectivity index (χ4v) is 3.15. The van der Waals surface area contributed by atoms with Gasteiger partial charge < -0.3 is 10.6 Å². The van der Waals surface area contributed by atoms with E-state index < -0.39 is 0 Å². The normalized spacial score (nSPS) is 11.0. The van der Waals surface area contributed by atoms with Crippen LogP contribution in [0.15, 0.2) is 55.1 Å². The van der Waals surface area contributed by atoms with Gasteiger partial charge in [-0.1, -0.05) is 45.9 Å². The number of para-hydroxylation sites is 1. The molecule has 0 aliphatic carbocycles. The van der Waals surface area contributed by atoms with E-state index in [1.165, 1.54) is 17.5 Å². The highest BCUT2D eigenvalue weighted by Crippen LogP contribution is 2.34. The molecular weight excluding hydrogens is 362 g/mol. The first-order chi connectivity index (χ1) is 14.0. The van der Waals surface area contributed by atoms with Crippen molar-refractivity contribution in [3.8, 4) is 0 Å². The monoisotopic (exact) mass is 389 g/mol. The molecule has 6 heteroatoms. The molecule has 0 radical (unpaired) electrons. The van der Waals surface area contributed by atoms with Crippen molar-refractivity contribution in [2.24, 2.45) is 0 Å². The maximum Gasteiger partial charge on any atom is 0.270 e. The molecule has 29 heavy (non-hydrogen) atoms. The number of amides is 1. The van der Waals surface area contributed by atoms with Crippen LogP contribution in [-0.2, 0) is 6.54 Å². The number of pyridine rings is 1. The molecule has 1 aromatic carbocycles. The SMILES string of the molecule is CC(C)c1cccc(C(C)C)c1Nc1cc(C(=O)NCc2ccncc2)ncn1. The van der Waals surface area contributed by atoms with Crippen molar-refractivity contribution in [2.45, 2.75) is 46.1 Å². The number of rotatable bonds is 7. The zero-order valence-electron chi connectivity index (χ0n) is 17.3. The van der Waals surface area contributed by atoms with Crippen LogP contribution in [0.2, 0.25) is 0 Å². The molecule has 0 saturated heterocycles. The summed E-state index contributed by atoms with van der Waals surface area (Å²) in [6.45, 7) is 9.10. The van der Waals surface area contributed by atoms with Crippen LogP contribution < -0.4 is 10.6 Å². The fraction of sp³-hybridized carbons (Fsp3) is 0.304. The standard InChI is InChI=1S/C23H27N5O/c1-15(2)18-6-5-7-19(16(3)4)22(18)28-21-12-20(26-14-27-21)23(29)25-13-17-8-10-24-11-9-17/h5-12,14-16H,13H2,1-4H3,(H,25,29)(H,26,27,28). The predicted octanol–water partition coefficient (Wildman–Crippen LogP) is 4.79. The van der Waals surface area contributed by atoms with Crippen molar-refractivity contribution >= 4 is 17.4 Å². The molecule has 1 amide bonds. The molecule has 150 valence electrons. The largest absolute Gasteiger partial charge is 0.347 e. The molecule has 2 heterocycles. The highest BCUT2D eigenvalue weighted by Gasteiger charge is 2.15. The molecule has 0 unspecified atom stereocenters. The van der Waals surface area contributed by atoms with Gasteiger partial charge in [0.05, 0.1) is 0 Å². The van der Waals surface area contributed by atoms with Crippen LogP contribution in [-0.4, -0.2) is 20.9 Å². The summed E-state index contributed by atoms with van der Waals surface area (Å²) in [6.07, 6.45) is 4.82. The molecule has 0 aliphatic heterocycles. The van der Waals surface area contributed by atoms with Gasteiger partial charge in [-0.2, -0.15) is 0 Å². The number of carbonyl (C=O) groups is 1. The molecule has 0 atom stereocenters. The van der Waals surface area contributed by atoms with Gasteiger partial charge in [-0.3, -0.25) is 9.78 Å². The van der Waals surface area contributed by atoms with Crippen LogP contribution in [0.5, 0.6) is 0 Å². The van der Waals surface area contributed by atoms with Gasteiger partial charge in [-0.15, -0.1) is 0 Å². The van der Waals surface area contributed by atoms with Gasteiger partial charge in [0.15, 0.2) is 0 Å². The van der Waals surface area contributed by atoms with Crippen molar-refractivity contribution in [3.63, 3.8) is 0 Å². The van der Waals surface area contributed by atoms with Gasteiger partial charge in [-0.05, 0) is 40.7 Å². The molecule has 6 nitrogen and oxygen atoms in total. The summed E-state index contributed by atoms with van der Waals surface area (Å²) >= 11 is 0. The lowest BCUT2D eigenvalue weighted by Crippen LogP contribution is -2.24. The second-order valence-corrected chi connectivity index (χ2v) is 7.57. The average molecular weight is 390 g/mol. The first kappa shape index (κ1) is 20.5. The van der Waals surface area contributed by atoms with E-state index in [1.807, 2.05) is 12.1 Å². The van der Waals surface area contributed by atoms with E-state index in [9.17, 15) is 4.79 Å². The van der Waals surface area contributed by atoms with Crippen molar-refractivity contribution in [3.05, 3.63) is 77.5 Å². The van der Waals surface area contributed by atoms with Crippen molar-refractivity contribution in [1.82, 2.24) is 20.3 Å². The molecule has 3 aromatic rings. The number of aromatic nitrogens is 3. The lowest BCUT2D eigenvalue weighted by molar-refractivity contribution is 0.0946. The first-order valence-electron chi connectivity index (χ1n) is 9.84. The van der Waals surface area contributed by atoms with Crippen LogP contribution in [0.1, 0.15) is 66.7 Å². The van der Waals surface area contributed by atoms with E-state index in [4.69, 9.17) is 0 Å². The Labute approximate surface area is 171 Å². The number of benzene rings is 1. The van der Waals surface area contributed by atoms with E-state index in [0.29, 0.717) is 29.9 Å². The summed E-state index contributed by atoms with van der Waals surface area (Å²) < 4.78 is 0. The Balaban J connectivity index is 1.81. The Bertz CT molecular complexity index is 944. The van der Waals surface area contributed by atoms with Crippen molar-refractivity contribution < 1.29 is 4.79 Å². The summed E-state index contributed by atoms with van der Waals surface area (Å²) in [5.74, 6) is 1.08. The summed E-state index contributed by atoms with van der Waals surface area (Å²) in [5, 5.41) is 6.31. The van der Waals surface area contributed by atoms with Crippen LogP contribution in [0.25, 0.3) is 0 Å². The van der Waals surface area contributed by atoms with Gasteiger partial charge in [0.25, 0.3) is 5.91 Å². The smallest absolute Gasteiger partial charge is 0.270 e. The topological polar surface area (TPSA) is 79.8 Å². The third-order valence-electron chi connectivity index (χ3n) is 4.73. The van der Waals surface area contributed by atoms with Crippen LogP contribution in [0.3, 0.4) is 0 Å². The van der Waals surface area contributed by atoms with Gasteiger partial charge in [0, 0.05) is 30.7 Å². The van der Waals surface area contributed by atoms with E-state index in [2.05, 4.69) is 71.5 Å². The maximum absolute atomic E-state index is 12.5. The quantitative estimate of drug-likeness (QED) is 0.607. The minimum Gasteiger partial charge on any atom is -0.347 e. The molecular formula is C23H27N5O. The molecule has 0 spiro atoms. The number of nitrogens with zero attached hydrogens (tertiary/aromatic N) is 3. The van der Waals surface area contributed by atoms with Gasteiger partial charge in [0.1, 0.15) is 17.8 Å². The maximum atomic E-state index is 12.5. The Morgan fingerprint density at radius 1 is 0.966 bits per heavy atom. The number of anilines is 2. The number of hydrogen-bond acceptors (Lipinski definition) is 5. The first-order valence-corrected chi connectivity index (χ1v) is 9.84. The van der Waals surface area contributed by atoms with Gasteiger partial charge in [0.2, 0.25) is 0 Å². The predicted molar refractivity (Wildman–Crippen MR) is 115 cm³/mol. The third kappa shape index (κ3) is 5.16. The zero-order valence-corrected chi connectivity index (χ0v) is 17.3. The van der Waals surface area contributed by atoms with E-state index in [0.717, 1.165) is 11.3 Å². The molecule has 0 fully saturated rings. The summed E-state index contributed by atoms with van der Waals surface area (Å²) in [6, 6.07) is 11.8. The molecule has 0 aliphatic rings. The lowest BCUT2D eigenvalue weighted by Gasteiger charge is -2.20. The number of nitrogens with one attached hydrogen (secondary N) is 2. The van der Waals surface area contributed by atoms with E-state index in [1.54, 1.807) is 18.5 Å². The van der Waals surface area contributed by atoms with Crippen LogP contribution in [0, 0.1) is 0 Å². The Morgan fingerprint density at radius 3 is 2.24 bits per heavy atom. The molecule has 2 N–H and O–H groups in total. The van der Waals surface area contributed by atoms with E-state index in [-0.39, 0.29) is 5.91 Å². The van der Waals surface area contributed by atoms with Gasteiger partial charge >= 0.3 is 0 Å². The molecule has 0 bridgehead atoms. The highest BCUT2D eigenvalue weighted by molar-refractivity contribution is 5.93. The minimum atomic E-state index is -0.242.